The smallest absolute Gasteiger partial charge is 0.240 e. The van der Waals surface area contributed by atoms with Gasteiger partial charge in [-0.2, -0.15) is 4.98 Å². The molecule has 2 aromatic rings. The van der Waals surface area contributed by atoms with Crippen LogP contribution in [0.4, 0.5) is 8.78 Å². The van der Waals surface area contributed by atoms with Gasteiger partial charge in [0.1, 0.15) is 0 Å². The summed E-state index contributed by atoms with van der Waals surface area (Å²) in [6, 6.07) is 4.07. The molecule has 0 bridgehead atoms. The molecule has 0 aliphatic heterocycles. The Morgan fingerprint density at radius 3 is 2.82 bits per heavy atom. The van der Waals surface area contributed by atoms with Crippen molar-refractivity contribution in [2.45, 2.75) is 20.0 Å². The SMILES string of the molecule is Cc1noc(CNCc2cccc(F)c2F)n1. The van der Waals surface area contributed by atoms with E-state index in [1.54, 1.807) is 6.92 Å². The Balaban J connectivity index is 1.92. The third-order valence-electron chi connectivity index (χ3n) is 2.19. The number of nitrogens with one attached hydrogen (secondary N) is 1. The minimum absolute atomic E-state index is 0.199. The van der Waals surface area contributed by atoms with E-state index in [1.807, 2.05) is 0 Å². The van der Waals surface area contributed by atoms with Gasteiger partial charge in [0, 0.05) is 12.1 Å². The largest absolute Gasteiger partial charge is 0.338 e. The first-order valence-corrected chi connectivity index (χ1v) is 5.09. The summed E-state index contributed by atoms with van der Waals surface area (Å²) < 4.78 is 31.0. The molecule has 1 N–H and O–H groups in total. The van der Waals surface area contributed by atoms with E-state index in [0.29, 0.717) is 18.3 Å². The number of rotatable bonds is 4. The summed E-state index contributed by atoms with van der Waals surface area (Å²) in [5, 5.41) is 6.51. The van der Waals surface area contributed by atoms with Gasteiger partial charge in [-0.15, -0.1) is 0 Å². The fourth-order valence-electron chi connectivity index (χ4n) is 1.40. The molecule has 0 aliphatic carbocycles. The van der Waals surface area contributed by atoms with Crippen molar-refractivity contribution < 1.29 is 13.3 Å². The minimum atomic E-state index is -0.849. The number of hydrogen-bond acceptors (Lipinski definition) is 4. The average molecular weight is 239 g/mol. The van der Waals surface area contributed by atoms with Crippen molar-refractivity contribution in [3.05, 3.63) is 47.1 Å². The lowest BCUT2D eigenvalue weighted by Gasteiger charge is -2.04. The van der Waals surface area contributed by atoms with Gasteiger partial charge in [0.05, 0.1) is 6.54 Å². The van der Waals surface area contributed by atoms with E-state index in [9.17, 15) is 8.78 Å². The maximum atomic E-state index is 13.3. The average Bonchev–Trinajstić information content (AvgIpc) is 2.70. The number of benzene rings is 1. The third-order valence-corrected chi connectivity index (χ3v) is 2.19. The van der Waals surface area contributed by atoms with Crippen LogP contribution < -0.4 is 5.32 Å². The zero-order chi connectivity index (χ0) is 12.3. The third kappa shape index (κ3) is 2.85. The lowest BCUT2D eigenvalue weighted by molar-refractivity contribution is 0.363. The summed E-state index contributed by atoms with van der Waals surface area (Å²) in [7, 11) is 0. The second-order valence-corrected chi connectivity index (χ2v) is 3.55. The van der Waals surface area contributed by atoms with Crippen molar-refractivity contribution in [3.63, 3.8) is 0 Å². The fraction of sp³-hybridized carbons (Fsp3) is 0.273. The first-order chi connectivity index (χ1) is 8.16. The Morgan fingerprint density at radius 2 is 2.12 bits per heavy atom. The molecule has 2 rings (SSSR count). The Kier molecular flexibility index (Phi) is 3.43. The summed E-state index contributed by atoms with van der Waals surface area (Å²) in [6.07, 6.45) is 0. The number of nitrogens with zero attached hydrogens (tertiary/aromatic N) is 2. The van der Waals surface area contributed by atoms with Gasteiger partial charge in [-0.25, -0.2) is 8.78 Å². The van der Waals surface area contributed by atoms with Gasteiger partial charge in [-0.1, -0.05) is 17.3 Å². The number of aryl methyl sites for hydroxylation is 1. The van der Waals surface area contributed by atoms with E-state index >= 15 is 0 Å². The van der Waals surface area contributed by atoms with E-state index in [2.05, 4.69) is 15.5 Å². The fourth-order valence-corrected chi connectivity index (χ4v) is 1.40. The van der Waals surface area contributed by atoms with E-state index in [1.165, 1.54) is 12.1 Å². The van der Waals surface area contributed by atoms with Gasteiger partial charge in [-0.3, -0.25) is 0 Å². The predicted octanol–water partition coefficient (Wildman–Crippen LogP) is 1.95. The van der Waals surface area contributed by atoms with E-state index in [-0.39, 0.29) is 12.1 Å². The summed E-state index contributed by atoms with van der Waals surface area (Å²) in [5.74, 6) is -0.724. The molecule has 0 unspecified atom stereocenters. The van der Waals surface area contributed by atoms with Crippen molar-refractivity contribution in [1.29, 1.82) is 0 Å². The van der Waals surface area contributed by atoms with Crippen LogP contribution in [0.2, 0.25) is 0 Å². The van der Waals surface area contributed by atoms with Crippen molar-refractivity contribution in [1.82, 2.24) is 15.5 Å². The predicted molar refractivity (Wildman–Crippen MR) is 55.9 cm³/mol. The zero-order valence-corrected chi connectivity index (χ0v) is 9.20. The van der Waals surface area contributed by atoms with E-state index in [4.69, 9.17) is 4.52 Å². The highest BCUT2D eigenvalue weighted by atomic mass is 19.2. The Hall–Kier alpha value is -1.82. The van der Waals surface area contributed by atoms with E-state index in [0.717, 1.165) is 6.07 Å². The lowest BCUT2D eigenvalue weighted by Crippen LogP contribution is -2.14. The van der Waals surface area contributed by atoms with Gasteiger partial charge >= 0.3 is 0 Å². The Morgan fingerprint density at radius 1 is 1.29 bits per heavy atom. The molecule has 0 saturated carbocycles. The molecule has 0 amide bonds. The molecule has 0 spiro atoms. The molecule has 1 aromatic heterocycles. The van der Waals surface area contributed by atoms with Crippen molar-refractivity contribution >= 4 is 0 Å². The molecule has 0 aliphatic rings. The van der Waals surface area contributed by atoms with Crippen LogP contribution in [0.1, 0.15) is 17.3 Å². The zero-order valence-electron chi connectivity index (χ0n) is 9.20. The van der Waals surface area contributed by atoms with Crippen LogP contribution in [0, 0.1) is 18.6 Å². The minimum Gasteiger partial charge on any atom is -0.338 e. The summed E-state index contributed by atoms with van der Waals surface area (Å²) in [5.41, 5.74) is 0.265. The molecule has 6 heteroatoms. The standard InChI is InChI=1S/C11H11F2N3O/c1-7-15-10(17-16-7)6-14-5-8-3-2-4-9(12)11(8)13/h2-4,14H,5-6H2,1H3. The van der Waals surface area contributed by atoms with Gasteiger partial charge in [0.2, 0.25) is 5.89 Å². The maximum absolute atomic E-state index is 13.3. The molecular weight excluding hydrogens is 228 g/mol. The number of hydrogen-bond donors (Lipinski definition) is 1. The molecule has 0 atom stereocenters. The van der Waals surface area contributed by atoms with Crippen LogP contribution in [-0.4, -0.2) is 10.1 Å². The molecule has 4 nitrogen and oxygen atoms in total. The second kappa shape index (κ2) is 5.01. The molecule has 0 saturated heterocycles. The molecular formula is C11H11F2N3O. The number of aromatic nitrogens is 2. The molecule has 0 fully saturated rings. The first-order valence-electron chi connectivity index (χ1n) is 5.09. The van der Waals surface area contributed by atoms with Crippen LogP contribution in [0.25, 0.3) is 0 Å². The van der Waals surface area contributed by atoms with Crippen molar-refractivity contribution in [3.8, 4) is 0 Å². The van der Waals surface area contributed by atoms with Gasteiger partial charge in [-0.05, 0) is 13.0 Å². The van der Waals surface area contributed by atoms with Crippen molar-refractivity contribution in [2.24, 2.45) is 0 Å². The molecule has 90 valence electrons. The van der Waals surface area contributed by atoms with Crippen LogP contribution in [0.5, 0.6) is 0 Å². The quantitative estimate of drug-likeness (QED) is 0.885. The Labute approximate surface area is 96.6 Å². The highest BCUT2D eigenvalue weighted by molar-refractivity contribution is 5.18. The van der Waals surface area contributed by atoms with Gasteiger partial charge < -0.3 is 9.84 Å². The monoisotopic (exact) mass is 239 g/mol. The first kappa shape index (κ1) is 11.7. The van der Waals surface area contributed by atoms with Gasteiger partial charge in [0.25, 0.3) is 0 Å². The van der Waals surface area contributed by atoms with E-state index < -0.39 is 11.6 Å². The molecule has 1 aromatic carbocycles. The summed E-state index contributed by atoms with van der Waals surface area (Å²) >= 11 is 0. The Bertz CT molecular complexity index is 513. The van der Waals surface area contributed by atoms with Crippen LogP contribution in [0.15, 0.2) is 22.7 Å². The topological polar surface area (TPSA) is 51.0 Å². The molecule has 1 heterocycles. The highest BCUT2D eigenvalue weighted by Crippen LogP contribution is 2.11. The van der Waals surface area contributed by atoms with Crippen molar-refractivity contribution in [2.75, 3.05) is 0 Å². The van der Waals surface area contributed by atoms with Crippen LogP contribution in [-0.2, 0) is 13.1 Å². The van der Waals surface area contributed by atoms with Crippen LogP contribution in [0.3, 0.4) is 0 Å². The summed E-state index contributed by atoms with van der Waals surface area (Å²) in [4.78, 5) is 3.97. The maximum Gasteiger partial charge on any atom is 0.240 e. The summed E-state index contributed by atoms with van der Waals surface area (Å²) in [6.45, 7) is 2.22. The molecule has 0 radical (unpaired) electrons. The highest BCUT2D eigenvalue weighted by Gasteiger charge is 2.07. The second-order valence-electron chi connectivity index (χ2n) is 3.55. The normalized spacial score (nSPS) is 10.8. The number of halogens is 2. The van der Waals surface area contributed by atoms with Crippen LogP contribution >= 0.6 is 0 Å². The van der Waals surface area contributed by atoms with Gasteiger partial charge in [0.15, 0.2) is 17.5 Å². The molecule has 17 heavy (non-hydrogen) atoms. The lowest BCUT2D eigenvalue weighted by atomic mass is 10.2.